The van der Waals surface area contributed by atoms with Crippen LogP contribution in [0.1, 0.15) is 57.8 Å². The molecular weight excluding hydrogens is 444 g/mol. The first kappa shape index (κ1) is 22.4. The molecule has 1 amide bonds. The summed E-state index contributed by atoms with van der Waals surface area (Å²) in [4.78, 5) is 33.0. The maximum Gasteiger partial charge on any atom is 0.354 e. The van der Waals surface area contributed by atoms with Gasteiger partial charge in [-0.25, -0.2) is 14.5 Å². The van der Waals surface area contributed by atoms with E-state index < -0.39 is 5.97 Å². The van der Waals surface area contributed by atoms with Gasteiger partial charge in [-0.15, -0.1) is 5.10 Å². The summed E-state index contributed by atoms with van der Waals surface area (Å²) < 4.78 is 1.51. The number of amides is 1. The fourth-order valence-corrected chi connectivity index (χ4v) is 4.49. The number of nitrogens with one attached hydrogen (secondary N) is 1. The van der Waals surface area contributed by atoms with Crippen molar-refractivity contribution in [3.8, 4) is 5.69 Å². The molecule has 2 N–H and O–H groups in total. The minimum absolute atomic E-state index is 0.0274. The summed E-state index contributed by atoms with van der Waals surface area (Å²) in [6, 6.07) is 16.4. The van der Waals surface area contributed by atoms with Gasteiger partial charge in [-0.3, -0.25) is 9.78 Å². The Hall–Kier alpha value is -4.40. The molecule has 2 unspecified atom stereocenters. The van der Waals surface area contributed by atoms with E-state index >= 15 is 0 Å². The number of aryl methyl sites for hydroxylation is 1. The summed E-state index contributed by atoms with van der Waals surface area (Å²) in [6.07, 6.45) is 7.97. The quantitative estimate of drug-likeness (QED) is 0.427. The first-order valence-electron chi connectivity index (χ1n) is 11.5. The molecule has 0 radical (unpaired) electrons. The van der Waals surface area contributed by atoms with Crippen LogP contribution < -0.4 is 5.32 Å². The molecule has 35 heavy (non-hydrogen) atoms. The van der Waals surface area contributed by atoms with Crippen LogP contribution >= 0.6 is 0 Å². The molecule has 9 heteroatoms. The van der Waals surface area contributed by atoms with Crippen molar-refractivity contribution in [1.82, 2.24) is 30.3 Å². The minimum atomic E-state index is -1.11. The van der Waals surface area contributed by atoms with Crippen molar-refractivity contribution in [2.75, 3.05) is 0 Å². The number of aromatic nitrogens is 5. The number of nitrogens with zero attached hydrogens (tertiary/aromatic N) is 5. The summed E-state index contributed by atoms with van der Waals surface area (Å²) in [6.45, 7) is 0. The number of rotatable bonds is 7. The zero-order valence-electron chi connectivity index (χ0n) is 18.9. The fourth-order valence-electron chi connectivity index (χ4n) is 4.49. The molecular formula is C26H24N6O3. The second-order valence-electron chi connectivity index (χ2n) is 8.52. The Balaban J connectivity index is 1.38. The highest BCUT2D eigenvalue weighted by atomic mass is 16.4. The van der Waals surface area contributed by atoms with E-state index in [2.05, 4.69) is 25.6 Å². The molecule has 5 rings (SSSR count). The van der Waals surface area contributed by atoms with Gasteiger partial charge in [0.25, 0.3) is 0 Å². The van der Waals surface area contributed by atoms with Crippen LogP contribution in [-0.2, 0) is 17.6 Å². The zero-order valence-corrected chi connectivity index (χ0v) is 18.9. The van der Waals surface area contributed by atoms with Crippen LogP contribution in [0.25, 0.3) is 5.69 Å². The van der Waals surface area contributed by atoms with Gasteiger partial charge in [-0.2, -0.15) is 0 Å². The average Bonchev–Trinajstić information content (AvgIpc) is 3.37. The van der Waals surface area contributed by atoms with Gasteiger partial charge in [-0.1, -0.05) is 41.6 Å². The molecule has 1 aromatic carbocycles. The fraction of sp³-hybridized carbons (Fsp3) is 0.231. The van der Waals surface area contributed by atoms with Crippen LogP contribution in [0.4, 0.5) is 0 Å². The lowest BCUT2D eigenvalue weighted by Gasteiger charge is -2.26. The minimum Gasteiger partial charge on any atom is -0.477 e. The van der Waals surface area contributed by atoms with Crippen LogP contribution in [0.5, 0.6) is 0 Å². The third-order valence-corrected chi connectivity index (χ3v) is 6.22. The zero-order chi connectivity index (χ0) is 24.2. The molecule has 0 bridgehead atoms. The van der Waals surface area contributed by atoms with Gasteiger partial charge in [0.15, 0.2) is 0 Å². The van der Waals surface area contributed by atoms with Gasteiger partial charge >= 0.3 is 5.97 Å². The molecule has 0 spiro atoms. The maximum absolute atomic E-state index is 13.4. The van der Waals surface area contributed by atoms with Crippen molar-refractivity contribution >= 4 is 11.9 Å². The molecule has 3 heterocycles. The summed E-state index contributed by atoms with van der Waals surface area (Å²) in [7, 11) is 0. The smallest absolute Gasteiger partial charge is 0.354 e. The van der Waals surface area contributed by atoms with Gasteiger partial charge in [0.05, 0.1) is 29.5 Å². The summed E-state index contributed by atoms with van der Waals surface area (Å²) in [5.74, 6) is -1.38. The van der Waals surface area contributed by atoms with Gasteiger partial charge in [-0.05, 0) is 48.6 Å². The number of hydrogen-bond acceptors (Lipinski definition) is 6. The third-order valence-electron chi connectivity index (χ3n) is 6.22. The first-order valence-corrected chi connectivity index (χ1v) is 11.5. The number of benzene rings is 1. The number of fused-ring (bicyclic) bond motifs is 1. The van der Waals surface area contributed by atoms with Crippen molar-refractivity contribution in [3.05, 3.63) is 101 Å². The third kappa shape index (κ3) is 4.93. The molecule has 0 fully saturated rings. The van der Waals surface area contributed by atoms with Crippen LogP contribution in [0.2, 0.25) is 0 Å². The Labute approximate surface area is 201 Å². The molecule has 2 atom stereocenters. The van der Waals surface area contributed by atoms with Gasteiger partial charge in [0, 0.05) is 24.5 Å². The van der Waals surface area contributed by atoms with Crippen molar-refractivity contribution in [1.29, 1.82) is 0 Å². The summed E-state index contributed by atoms with van der Waals surface area (Å²) in [5, 5.41) is 20.9. The van der Waals surface area contributed by atoms with E-state index in [0.717, 1.165) is 36.1 Å². The van der Waals surface area contributed by atoms with Crippen LogP contribution in [-0.4, -0.2) is 41.9 Å². The Bertz CT molecular complexity index is 1350. The molecule has 176 valence electrons. The van der Waals surface area contributed by atoms with E-state index in [-0.39, 0.29) is 23.6 Å². The van der Waals surface area contributed by atoms with Crippen LogP contribution in [0.3, 0.4) is 0 Å². The standard InChI is InChI=1S/C26H24N6O3/c33-25(21-8-4-10-22-20(21)9-5-12-27-22)29-23(17-6-2-1-3-7-17)14-18-16-32(31-30-18)19-11-13-28-24(15-19)26(34)35/h1-3,5-7,9,11-13,15-16,21,23H,4,8,10,14H2,(H,29,33)(H,34,35). The Kier molecular flexibility index (Phi) is 6.30. The molecule has 0 saturated carbocycles. The van der Waals surface area contributed by atoms with E-state index in [9.17, 15) is 14.7 Å². The molecule has 3 aromatic heterocycles. The molecule has 0 saturated heterocycles. The Morgan fingerprint density at radius 3 is 2.77 bits per heavy atom. The van der Waals surface area contributed by atoms with Crippen LogP contribution in [0, 0.1) is 0 Å². The Morgan fingerprint density at radius 2 is 1.94 bits per heavy atom. The maximum atomic E-state index is 13.4. The number of aromatic carboxylic acids is 1. The highest BCUT2D eigenvalue weighted by molar-refractivity contribution is 5.86. The normalized spacial score (nSPS) is 15.7. The van der Waals surface area contributed by atoms with Crippen molar-refractivity contribution < 1.29 is 14.7 Å². The number of carbonyl (C=O) groups is 2. The lowest BCUT2D eigenvalue weighted by Crippen LogP contribution is -2.35. The second kappa shape index (κ2) is 9.84. The van der Waals surface area contributed by atoms with Crippen LogP contribution in [0.15, 0.2) is 73.2 Å². The largest absolute Gasteiger partial charge is 0.477 e. The molecule has 1 aliphatic carbocycles. The Morgan fingerprint density at radius 1 is 1.09 bits per heavy atom. The topological polar surface area (TPSA) is 123 Å². The number of carboxylic acids is 1. The molecule has 1 aliphatic rings. The van der Waals surface area contributed by atoms with Gasteiger partial charge in [0.2, 0.25) is 5.91 Å². The SMILES string of the molecule is O=C(O)c1cc(-n2cc(CC(NC(=O)C3CCCc4ncccc43)c3ccccc3)nn2)ccn1. The number of hydrogen-bond donors (Lipinski definition) is 2. The van der Waals surface area contributed by atoms with Crippen molar-refractivity contribution in [2.24, 2.45) is 0 Å². The van der Waals surface area contributed by atoms with E-state index in [1.54, 1.807) is 18.5 Å². The predicted molar refractivity (Wildman–Crippen MR) is 127 cm³/mol. The van der Waals surface area contributed by atoms with Crippen molar-refractivity contribution in [2.45, 2.75) is 37.6 Å². The van der Waals surface area contributed by atoms with E-state index in [1.165, 1.54) is 16.9 Å². The van der Waals surface area contributed by atoms with E-state index in [1.807, 2.05) is 42.5 Å². The second-order valence-corrected chi connectivity index (χ2v) is 8.52. The summed E-state index contributed by atoms with van der Waals surface area (Å²) in [5.41, 5.74) is 4.10. The lowest BCUT2D eigenvalue weighted by atomic mass is 9.84. The lowest BCUT2D eigenvalue weighted by molar-refractivity contribution is -0.123. The summed E-state index contributed by atoms with van der Waals surface area (Å²) >= 11 is 0. The van der Waals surface area contributed by atoms with Crippen molar-refractivity contribution in [3.63, 3.8) is 0 Å². The van der Waals surface area contributed by atoms with E-state index in [4.69, 9.17) is 0 Å². The van der Waals surface area contributed by atoms with Gasteiger partial charge in [0.1, 0.15) is 5.69 Å². The van der Waals surface area contributed by atoms with Gasteiger partial charge < -0.3 is 10.4 Å². The average molecular weight is 469 g/mol. The monoisotopic (exact) mass is 468 g/mol. The number of carbonyl (C=O) groups excluding carboxylic acids is 1. The number of carboxylic acid groups (broad SMARTS) is 1. The molecule has 9 nitrogen and oxygen atoms in total. The number of pyridine rings is 2. The highest BCUT2D eigenvalue weighted by Crippen LogP contribution is 2.31. The molecule has 4 aromatic rings. The first-order chi connectivity index (χ1) is 17.1. The molecule has 0 aliphatic heterocycles. The highest BCUT2D eigenvalue weighted by Gasteiger charge is 2.29. The van der Waals surface area contributed by atoms with E-state index in [0.29, 0.717) is 17.8 Å². The predicted octanol–water partition coefficient (Wildman–Crippen LogP) is 3.28.